The smallest absolute Gasteiger partial charge is 0.299 e. The molecule has 4 rings (SSSR count). The van der Waals surface area contributed by atoms with Gasteiger partial charge in [-0.1, -0.05) is 42.5 Å². The summed E-state index contributed by atoms with van der Waals surface area (Å²) >= 11 is 0. The van der Waals surface area contributed by atoms with E-state index in [-0.39, 0.29) is 6.02 Å². The van der Waals surface area contributed by atoms with Crippen LogP contribution in [-0.2, 0) is 14.8 Å². The van der Waals surface area contributed by atoms with E-state index in [9.17, 15) is 12.8 Å². The summed E-state index contributed by atoms with van der Waals surface area (Å²) in [4.78, 5) is 6.66. The lowest BCUT2D eigenvalue weighted by atomic mass is 9.87. The van der Waals surface area contributed by atoms with Crippen LogP contribution in [-0.4, -0.2) is 45.1 Å². The van der Waals surface area contributed by atoms with Gasteiger partial charge in [-0.25, -0.2) is 22.5 Å². The Morgan fingerprint density at radius 3 is 2.45 bits per heavy atom. The predicted molar refractivity (Wildman–Crippen MR) is 128 cm³/mol. The topological polar surface area (TPSA) is 71.0 Å². The van der Waals surface area contributed by atoms with Gasteiger partial charge in [-0.05, 0) is 76.9 Å². The second-order valence-electron chi connectivity index (χ2n) is 9.61. The molecule has 2 fully saturated rings. The van der Waals surface area contributed by atoms with Gasteiger partial charge in [0.1, 0.15) is 16.7 Å². The number of sulfonamides is 1. The molecule has 8 heteroatoms. The highest BCUT2D eigenvalue weighted by atomic mass is 32.2. The van der Waals surface area contributed by atoms with E-state index in [4.69, 9.17) is 4.74 Å². The third-order valence-electron chi connectivity index (χ3n) is 6.60. The Balaban J connectivity index is 1.61. The number of benzene rings is 2. The Morgan fingerprint density at radius 2 is 1.79 bits per heavy atom. The summed E-state index contributed by atoms with van der Waals surface area (Å²) in [5.41, 5.74) is 1.17. The van der Waals surface area contributed by atoms with Gasteiger partial charge in [0.05, 0.1) is 6.04 Å². The zero-order valence-corrected chi connectivity index (χ0v) is 20.4. The molecule has 2 atom stereocenters. The number of halogens is 1. The van der Waals surface area contributed by atoms with Crippen molar-refractivity contribution in [3.05, 3.63) is 71.0 Å². The van der Waals surface area contributed by atoms with E-state index in [0.29, 0.717) is 17.0 Å². The molecule has 2 aromatic rings. The van der Waals surface area contributed by atoms with Crippen molar-refractivity contribution in [1.29, 1.82) is 0 Å². The van der Waals surface area contributed by atoms with Crippen LogP contribution in [0.3, 0.4) is 0 Å². The number of likely N-dealkylation sites (tertiary alicyclic amines) is 1. The molecule has 0 amide bonds. The van der Waals surface area contributed by atoms with Crippen LogP contribution in [0.15, 0.2) is 53.5 Å². The first-order chi connectivity index (χ1) is 15.6. The summed E-state index contributed by atoms with van der Waals surface area (Å²) in [5, 5.41) is -0.904. The fourth-order valence-electron chi connectivity index (χ4n) is 4.89. The Labute approximate surface area is 195 Å². The molecule has 0 saturated carbocycles. The van der Waals surface area contributed by atoms with Gasteiger partial charge >= 0.3 is 0 Å². The van der Waals surface area contributed by atoms with Crippen molar-refractivity contribution >= 4 is 16.0 Å². The van der Waals surface area contributed by atoms with E-state index >= 15 is 0 Å². The maximum atomic E-state index is 14.1. The van der Waals surface area contributed by atoms with Gasteiger partial charge in [0.2, 0.25) is 10.0 Å². The summed E-state index contributed by atoms with van der Waals surface area (Å²) in [6.45, 7) is 7.27. The van der Waals surface area contributed by atoms with Crippen molar-refractivity contribution in [3.63, 3.8) is 0 Å². The number of hydrogen-bond donors (Lipinski definition) is 1. The maximum Gasteiger partial charge on any atom is 0.299 e. The average Bonchev–Trinajstić information content (AvgIpc) is 2.73. The molecular formula is C25H32FN3O3S. The molecule has 2 saturated heterocycles. The number of hydrogen-bond acceptors (Lipinski definition) is 5. The molecule has 2 aliphatic heterocycles. The first kappa shape index (κ1) is 23.7. The molecule has 6 nitrogen and oxygen atoms in total. The minimum atomic E-state index is -3.84. The maximum absolute atomic E-state index is 14.1. The first-order valence-corrected chi connectivity index (χ1v) is 12.9. The lowest BCUT2D eigenvalue weighted by Gasteiger charge is -2.40. The zero-order valence-electron chi connectivity index (χ0n) is 19.6. The van der Waals surface area contributed by atoms with Crippen molar-refractivity contribution in [1.82, 2.24) is 9.62 Å². The zero-order chi connectivity index (χ0) is 23.8. The van der Waals surface area contributed by atoms with Crippen LogP contribution in [0.5, 0.6) is 0 Å². The molecule has 0 aliphatic carbocycles. The summed E-state index contributed by atoms with van der Waals surface area (Å²) in [5.74, 6) is 0.0269. The first-order valence-electron chi connectivity index (χ1n) is 11.4. The minimum absolute atomic E-state index is 0.113. The standard InChI is InChI=1S/C25H32FN3O3S/c1-17(21-10-5-6-11-22(21)26)27-24-28-33(30,31)23(25(2,3)32-24)20-9-7-8-19(16-20)18-12-14-29(4)15-13-18/h5-11,16-18,23H,12-15H2,1-4H3,(H,27,28). The lowest BCUT2D eigenvalue weighted by molar-refractivity contribution is 0.0761. The quantitative estimate of drug-likeness (QED) is 0.709. The monoisotopic (exact) mass is 473 g/mol. The van der Waals surface area contributed by atoms with E-state index in [1.165, 1.54) is 11.6 Å². The van der Waals surface area contributed by atoms with Gasteiger partial charge in [0, 0.05) is 5.56 Å². The molecular weight excluding hydrogens is 441 g/mol. The number of aliphatic imine (C=N–C) groups is 1. The van der Waals surface area contributed by atoms with Crippen molar-refractivity contribution in [2.24, 2.45) is 4.99 Å². The van der Waals surface area contributed by atoms with Gasteiger partial charge in [-0.2, -0.15) is 0 Å². The van der Waals surface area contributed by atoms with E-state index in [0.717, 1.165) is 25.9 Å². The van der Waals surface area contributed by atoms with Crippen LogP contribution >= 0.6 is 0 Å². The average molecular weight is 474 g/mol. The van der Waals surface area contributed by atoms with Crippen molar-refractivity contribution in [2.45, 2.75) is 56.4 Å². The molecule has 33 heavy (non-hydrogen) atoms. The number of ether oxygens (including phenoxy) is 1. The number of amidine groups is 1. The highest BCUT2D eigenvalue weighted by Gasteiger charge is 2.48. The van der Waals surface area contributed by atoms with Crippen LogP contribution < -0.4 is 4.72 Å². The van der Waals surface area contributed by atoms with E-state index in [1.807, 2.05) is 18.2 Å². The Morgan fingerprint density at radius 1 is 1.12 bits per heavy atom. The molecule has 0 radical (unpaired) electrons. The van der Waals surface area contributed by atoms with Gasteiger partial charge in [0.15, 0.2) is 0 Å². The highest BCUT2D eigenvalue weighted by Crippen LogP contribution is 2.40. The number of rotatable bonds is 4. The third-order valence-corrected chi connectivity index (χ3v) is 8.52. The number of piperidine rings is 1. The lowest BCUT2D eigenvalue weighted by Crippen LogP contribution is -2.53. The molecule has 2 unspecified atom stereocenters. The summed E-state index contributed by atoms with van der Waals surface area (Å²) < 4.78 is 49.4. The van der Waals surface area contributed by atoms with Crippen LogP contribution in [0, 0.1) is 5.82 Å². The van der Waals surface area contributed by atoms with Gasteiger partial charge < -0.3 is 9.64 Å². The summed E-state index contributed by atoms with van der Waals surface area (Å²) in [6, 6.07) is 13.5. The van der Waals surface area contributed by atoms with Gasteiger partial charge in [-0.15, -0.1) is 0 Å². The fourth-order valence-corrected chi connectivity index (χ4v) is 6.64. The predicted octanol–water partition coefficient (Wildman–Crippen LogP) is 4.52. The summed E-state index contributed by atoms with van der Waals surface area (Å²) in [6.07, 6.45) is 2.11. The molecule has 178 valence electrons. The highest BCUT2D eigenvalue weighted by molar-refractivity contribution is 7.90. The van der Waals surface area contributed by atoms with E-state index < -0.39 is 32.7 Å². The second-order valence-corrected chi connectivity index (χ2v) is 11.4. The van der Waals surface area contributed by atoms with Gasteiger partial charge in [0.25, 0.3) is 6.02 Å². The van der Waals surface area contributed by atoms with Crippen LogP contribution in [0.25, 0.3) is 0 Å². The van der Waals surface area contributed by atoms with Crippen molar-refractivity contribution < 1.29 is 17.5 Å². The fraction of sp³-hybridized carbons (Fsp3) is 0.480. The van der Waals surface area contributed by atoms with E-state index in [1.54, 1.807) is 39.0 Å². The molecule has 2 aromatic carbocycles. The van der Waals surface area contributed by atoms with Crippen LogP contribution in [0.2, 0.25) is 0 Å². The molecule has 0 bridgehead atoms. The second kappa shape index (κ2) is 9.06. The normalized spacial score (nSPS) is 25.2. The molecule has 1 N–H and O–H groups in total. The molecule has 0 aromatic heterocycles. The van der Waals surface area contributed by atoms with Crippen LogP contribution in [0.1, 0.15) is 67.5 Å². The van der Waals surface area contributed by atoms with E-state index in [2.05, 4.69) is 27.7 Å². The molecule has 0 spiro atoms. The Bertz CT molecular complexity index is 1140. The van der Waals surface area contributed by atoms with Gasteiger partial charge in [-0.3, -0.25) is 0 Å². The SMILES string of the molecule is CC(N=C1NS(=O)(=O)C(c2cccc(C3CCN(C)CC3)c2)C(C)(C)O1)c1ccccc1F. The molecule has 2 aliphatic rings. The third kappa shape index (κ3) is 5.06. The molecule has 2 heterocycles. The summed E-state index contributed by atoms with van der Waals surface area (Å²) in [7, 11) is -1.71. The Hall–Kier alpha value is -2.45. The number of nitrogens with one attached hydrogen (secondary N) is 1. The Kier molecular flexibility index (Phi) is 6.51. The van der Waals surface area contributed by atoms with Crippen molar-refractivity contribution in [2.75, 3.05) is 20.1 Å². The number of nitrogens with zero attached hydrogens (tertiary/aromatic N) is 2. The van der Waals surface area contributed by atoms with Crippen molar-refractivity contribution in [3.8, 4) is 0 Å². The minimum Gasteiger partial charge on any atom is -0.457 e. The van der Waals surface area contributed by atoms with Crippen LogP contribution in [0.4, 0.5) is 4.39 Å². The largest absolute Gasteiger partial charge is 0.457 e.